The Labute approximate surface area is 172 Å². The number of aromatic carboxylic acids is 1. The van der Waals surface area contributed by atoms with E-state index in [0.717, 1.165) is 22.7 Å². The molecule has 0 aliphatic rings. The van der Waals surface area contributed by atoms with Gasteiger partial charge < -0.3 is 10.4 Å². The topological polar surface area (TPSA) is 66.4 Å². The van der Waals surface area contributed by atoms with Gasteiger partial charge in [-0.2, -0.15) is 0 Å². The number of hydrogen-bond donors (Lipinski definition) is 2. The van der Waals surface area contributed by atoms with Crippen LogP contribution in [0.25, 0.3) is 11.1 Å². The van der Waals surface area contributed by atoms with Crippen molar-refractivity contribution in [3.05, 3.63) is 75.1 Å². The van der Waals surface area contributed by atoms with E-state index in [9.17, 15) is 23.5 Å². The molecule has 0 aliphatic heterocycles. The molecule has 1 amide bonds. The van der Waals surface area contributed by atoms with E-state index in [1.807, 2.05) is 0 Å². The second-order valence-electron chi connectivity index (χ2n) is 6.09. The van der Waals surface area contributed by atoms with Crippen molar-refractivity contribution < 1.29 is 23.5 Å². The van der Waals surface area contributed by atoms with Crippen LogP contribution in [0.4, 0.5) is 13.8 Å². The molecule has 28 heavy (non-hydrogen) atoms. The van der Waals surface area contributed by atoms with E-state index < -0.39 is 17.8 Å². The Bertz CT molecular complexity index is 1030. The highest BCUT2D eigenvalue weighted by molar-refractivity contribution is 9.10. The fourth-order valence-corrected chi connectivity index (χ4v) is 3.81. The molecule has 4 nitrogen and oxygen atoms in total. The van der Waals surface area contributed by atoms with Crippen LogP contribution in [0.15, 0.2) is 58.4 Å². The predicted molar refractivity (Wildman–Crippen MR) is 108 cm³/mol. The maximum Gasteiger partial charge on any atom is 0.339 e. The zero-order valence-electron chi connectivity index (χ0n) is 14.5. The number of hydrogen-bond acceptors (Lipinski definition) is 3. The smallest absolute Gasteiger partial charge is 0.339 e. The summed E-state index contributed by atoms with van der Waals surface area (Å²) in [6.45, 7) is 0.774. The van der Waals surface area contributed by atoms with E-state index in [2.05, 4.69) is 21.2 Å². The van der Waals surface area contributed by atoms with Crippen molar-refractivity contribution >= 4 is 44.1 Å². The van der Waals surface area contributed by atoms with Gasteiger partial charge in [-0.15, -0.1) is 11.3 Å². The molecule has 0 radical (unpaired) electrons. The Morgan fingerprint density at radius 1 is 1.07 bits per heavy atom. The number of carboxylic acids is 1. The van der Waals surface area contributed by atoms with Crippen LogP contribution in [-0.2, 0) is 5.92 Å². The van der Waals surface area contributed by atoms with Gasteiger partial charge in [-0.05, 0) is 29.8 Å². The van der Waals surface area contributed by atoms with Crippen molar-refractivity contribution in [2.75, 3.05) is 5.32 Å². The van der Waals surface area contributed by atoms with Gasteiger partial charge in [-0.25, -0.2) is 13.6 Å². The molecular formula is C20H14BrF2NO3S. The summed E-state index contributed by atoms with van der Waals surface area (Å²) in [6.07, 6.45) is 0. The Kier molecular flexibility index (Phi) is 5.62. The van der Waals surface area contributed by atoms with Gasteiger partial charge in [0.25, 0.3) is 11.8 Å². The van der Waals surface area contributed by atoms with E-state index in [1.165, 1.54) is 24.3 Å². The fraction of sp³-hybridized carbons (Fsp3) is 0.100. The predicted octanol–water partition coefficient (Wildman–Crippen LogP) is 6.24. The lowest BCUT2D eigenvalue weighted by Gasteiger charge is -2.11. The number of halogens is 3. The summed E-state index contributed by atoms with van der Waals surface area (Å²) in [7, 11) is 0. The average molecular weight is 466 g/mol. The van der Waals surface area contributed by atoms with Crippen molar-refractivity contribution in [2.24, 2.45) is 0 Å². The van der Waals surface area contributed by atoms with E-state index in [0.29, 0.717) is 11.1 Å². The molecule has 1 aromatic heterocycles. The highest BCUT2D eigenvalue weighted by Gasteiger charge is 2.25. The molecular weight excluding hydrogens is 452 g/mol. The molecule has 3 rings (SSSR count). The van der Waals surface area contributed by atoms with Crippen molar-refractivity contribution in [3.63, 3.8) is 0 Å². The fourth-order valence-electron chi connectivity index (χ4n) is 2.59. The van der Waals surface area contributed by atoms with E-state index in [-0.39, 0.29) is 21.7 Å². The van der Waals surface area contributed by atoms with Gasteiger partial charge in [0.2, 0.25) is 0 Å². The largest absolute Gasteiger partial charge is 0.478 e. The molecule has 0 unspecified atom stereocenters. The summed E-state index contributed by atoms with van der Waals surface area (Å²) >= 11 is 4.42. The van der Waals surface area contributed by atoms with E-state index in [1.54, 1.807) is 29.6 Å². The quantitative estimate of drug-likeness (QED) is 0.468. The molecule has 3 aromatic rings. The number of amides is 1. The normalized spacial score (nSPS) is 11.3. The summed E-state index contributed by atoms with van der Waals surface area (Å²) in [5, 5.41) is 14.0. The molecule has 0 saturated heterocycles. The molecule has 0 saturated carbocycles. The molecule has 8 heteroatoms. The summed E-state index contributed by atoms with van der Waals surface area (Å²) < 4.78 is 27.5. The average Bonchev–Trinajstić information content (AvgIpc) is 3.05. The van der Waals surface area contributed by atoms with Crippen LogP contribution in [0.1, 0.15) is 33.2 Å². The molecule has 1 heterocycles. The molecule has 2 aromatic carbocycles. The molecule has 0 fully saturated rings. The van der Waals surface area contributed by atoms with Gasteiger partial charge in [-0.1, -0.05) is 40.2 Å². The van der Waals surface area contributed by atoms with Crippen LogP contribution in [0.2, 0.25) is 0 Å². The number of carbonyl (C=O) groups excluding carboxylic acids is 1. The number of carboxylic acid groups (broad SMARTS) is 1. The lowest BCUT2D eigenvalue weighted by atomic mass is 10.0. The summed E-state index contributed by atoms with van der Waals surface area (Å²) in [5.74, 6) is -4.74. The molecule has 0 aliphatic carbocycles. The van der Waals surface area contributed by atoms with Crippen LogP contribution in [0.5, 0.6) is 0 Å². The van der Waals surface area contributed by atoms with Crippen molar-refractivity contribution in [2.45, 2.75) is 12.8 Å². The molecule has 2 N–H and O–H groups in total. The zero-order valence-corrected chi connectivity index (χ0v) is 16.9. The first-order valence-electron chi connectivity index (χ1n) is 8.07. The number of alkyl halides is 2. The molecule has 0 atom stereocenters. The maximum absolute atomic E-state index is 13.3. The van der Waals surface area contributed by atoms with Gasteiger partial charge in [0.1, 0.15) is 10.6 Å². The summed E-state index contributed by atoms with van der Waals surface area (Å²) in [5.41, 5.74) is 1.12. The molecule has 144 valence electrons. The highest BCUT2D eigenvalue weighted by atomic mass is 79.9. The van der Waals surface area contributed by atoms with Crippen molar-refractivity contribution in [1.29, 1.82) is 0 Å². The van der Waals surface area contributed by atoms with Crippen molar-refractivity contribution in [1.82, 2.24) is 0 Å². The first kappa shape index (κ1) is 20.2. The van der Waals surface area contributed by atoms with E-state index >= 15 is 0 Å². The number of anilines is 1. The van der Waals surface area contributed by atoms with Gasteiger partial charge in [-0.3, -0.25) is 4.79 Å². The Morgan fingerprint density at radius 2 is 1.68 bits per heavy atom. The van der Waals surface area contributed by atoms with Crippen LogP contribution in [0, 0.1) is 0 Å². The number of thiophene rings is 1. The number of nitrogens with one attached hydrogen (secondary N) is 1. The van der Waals surface area contributed by atoms with Crippen LogP contribution in [0.3, 0.4) is 0 Å². The lowest BCUT2D eigenvalue weighted by Crippen LogP contribution is -2.14. The third kappa shape index (κ3) is 4.28. The van der Waals surface area contributed by atoms with Gasteiger partial charge in [0, 0.05) is 33.5 Å². The van der Waals surface area contributed by atoms with E-state index in [4.69, 9.17) is 0 Å². The Morgan fingerprint density at radius 3 is 2.21 bits per heavy atom. The van der Waals surface area contributed by atoms with Gasteiger partial charge in [0.15, 0.2) is 0 Å². The standard InChI is InChI=1S/C20H14BrF2NO3S/c1-20(22,23)13-6-2-12(3-7-13)17(25)24-18-16(19(26)27)15(10-28-18)11-4-8-14(21)9-5-11/h2-10H,1H3,(H,24,25)(H,26,27). The zero-order chi connectivity index (χ0) is 20.5. The minimum atomic E-state index is -3.00. The first-order chi connectivity index (χ1) is 13.2. The monoisotopic (exact) mass is 465 g/mol. The number of carbonyl (C=O) groups is 2. The maximum atomic E-state index is 13.3. The van der Waals surface area contributed by atoms with Gasteiger partial charge in [0.05, 0.1) is 0 Å². The summed E-state index contributed by atoms with van der Waals surface area (Å²) in [4.78, 5) is 24.2. The second-order valence-corrected chi connectivity index (χ2v) is 7.88. The van der Waals surface area contributed by atoms with Crippen LogP contribution in [-0.4, -0.2) is 17.0 Å². The first-order valence-corrected chi connectivity index (χ1v) is 9.74. The highest BCUT2D eigenvalue weighted by Crippen LogP contribution is 2.36. The van der Waals surface area contributed by atoms with Gasteiger partial charge >= 0.3 is 5.97 Å². The Balaban J connectivity index is 1.89. The summed E-state index contributed by atoms with van der Waals surface area (Å²) in [6, 6.07) is 12.0. The third-order valence-electron chi connectivity index (χ3n) is 4.04. The lowest BCUT2D eigenvalue weighted by molar-refractivity contribution is 0.0174. The Hall–Kier alpha value is -2.58. The number of rotatable bonds is 5. The number of benzene rings is 2. The van der Waals surface area contributed by atoms with Crippen LogP contribution >= 0.6 is 27.3 Å². The molecule has 0 bridgehead atoms. The molecule has 0 spiro atoms. The third-order valence-corrected chi connectivity index (χ3v) is 5.47. The van der Waals surface area contributed by atoms with Crippen LogP contribution < -0.4 is 5.32 Å². The minimum Gasteiger partial charge on any atom is -0.478 e. The SMILES string of the molecule is CC(F)(F)c1ccc(C(=O)Nc2scc(-c3ccc(Br)cc3)c2C(=O)O)cc1. The minimum absolute atomic E-state index is 0.0163. The second kappa shape index (κ2) is 7.81. The van der Waals surface area contributed by atoms with Crippen molar-refractivity contribution in [3.8, 4) is 11.1 Å².